The Kier molecular flexibility index (Phi) is 4.78. The molecule has 1 N–H and O–H groups in total. The Bertz CT molecular complexity index is 1170. The van der Waals surface area contributed by atoms with Crippen LogP contribution < -0.4 is 10.1 Å². The number of anilines is 1. The number of rotatable bonds is 4. The van der Waals surface area contributed by atoms with Crippen molar-refractivity contribution < 1.29 is 14.1 Å². The second-order valence-corrected chi connectivity index (χ2v) is 8.27. The summed E-state index contributed by atoms with van der Waals surface area (Å²) in [6.45, 7) is 7.80. The number of carbonyl (C=O) groups is 1. The second kappa shape index (κ2) is 7.30. The average molecular weight is 402 g/mol. The molecule has 7 heteroatoms. The third-order valence-electron chi connectivity index (χ3n) is 4.77. The summed E-state index contributed by atoms with van der Waals surface area (Å²) in [7, 11) is 0. The lowest BCUT2D eigenvalue weighted by molar-refractivity contribution is 0.0620. The maximum Gasteiger partial charge on any atom is 0.258 e. The highest BCUT2D eigenvalue weighted by molar-refractivity contribution is 6.01. The lowest BCUT2D eigenvalue weighted by Crippen LogP contribution is -2.35. The molecule has 0 saturated heterocycles. The van der Waals surface area contributed by atoms with Crippen LogP contribution in [-0.4, -0.2) is 27.6 Å². The molecule has 0 saturated carbocycles. The van der Waals surface area contributed by atoms with Gasteiger partial charge in [0.25, 0.3) is 5.89 Å². The number of aromatic nitrogens is 2. The Morgan fingerprint density at radius 3 is 2.67 bits per heavy atom. The molecular formula is C23H22N4O3. The number of fused-ring (bicyclic) bond motifs is 1. The highest BCUT2D eigenvalue weighted by Gasteiger charge is 2.32. The van der Waals surface area contributed by atoms with Crippen molar-refractivity contribution in [3.63, 3.8) is 0 Å². The number of hydrogen-bond acceptors (Lipinski definition) is 7. The number of ether oxygens (including phenoxy) is 1. The van der Waals surface area contributed by atoms with Crippen LogP contribution in [0.5, 0.6) is 5.75 Å². The number of benzene rings is 2. The maximum atomic E-state index is 12.5. The van der Waals surface area contributed by atoms with Crippen molar-refractivity contribution in [3.8, 4) is 34.7 Å². The highest BCUT2D eigenvalue weighted by atomic mass is 16.5. The molecule has 1 aliphatic heterocycles. The van der Waals surface area contributed by atoms with Crippen LogP contribution >= 0.6 is 0 Å². The van der Waals surface area contributed by atoms with E-state index in [1.165, 1.54) is 0 Å². The van der Waals surface area contributed by atoms with Gasteiger partial charge in [-0.2, -0.15) is 10.2 Å². The minimum Gasteiger partial charge on any atom is -0.487 e. The predicted molar refractivity (Wildman–Crippen MR) is 112 cm³/mol. The molecule has 1 aromatic heterocycles. The molecule has 0 radical (unpaired) electrons. The Morgan fingerprint density at radius 2 is 1.93 bits per heavy atom. The number of nitriles is 1. The van der Waals surface area contributed by atoms with Crippen LogP contribution in [0.2, 0.25) is 0 Å². The third-order valence-corrected chi connectivity index (χ3v) is 4.77. The fourth-order valence-corrected chi connectivity index (χ4v) is 3.46. The van der Waals surface area contributed by atoms with Gasteiger partial charge in [0.05, 0.1) is 23.2 Å². The fourth-order valence-electron chi connectivity index (χ4n) is 3.46. The summed E-state index contributed by atoms with van der Waals surface area (Å²) < 4.78 is 11.3. The monoisotopic (exact) mass is 402 g/mol. The van der Waals surface area contributed by atoms with E-state index in [2.05, 4.69) is 21.5 Å². The largest absolute Gasteiger partial charge is 0.487 e. The van der Waals surface area contributed by atoms with Crippen molar-refractivity contribution in [2.45, 2.75) is 45.8 Å². The zero-order chi connectivity index (χ0) is 21.5. The number of ketones is 1. The molecule has 2 heterocycles. The number of hydrogen-bond donors (Lipinski definition) is 1. The molecule has 0 fully saturated rings. The number of nitrogens with one attached hydrogen (secondary N) is 1. The van der Waals surface area contributed by atoms with Crippen molar-refractivity contribution in [2.75, 3.05) is 5.32 Å². The SMILES string of the molecule is CC(C)Nc1ccc(-c2nc(-c3ccc4c(c3)C(=O)CC(C)(C)O4)no2)cc1C#N. The van der Waals surface area contributed by atoms with Crippen LogP contribution in [0.25, 0.3) is 22.8 Å². The molecule has 0 spiro atoms. The number of Topliss-reactive ketones (excluding diaryl/α,β-unsaturated/α-hetero) is 1. The minimum absolute atomic E-state index is 0.0266. The second-order valence-electron chi connectivity index (χ2n) is 8.27. The highest BCUT2D eigenvalue weighted by Crippen LogP contribution is 2.35. The van der Waals surface area contributed by atoms with Crippen molar-refractivity contribution in [1.29, 1.82) is 5.26 Å². The van der Waals surface area contributed by atoms with Gasteiger partial charge in [-0.15, -0.1) is 0 Å². The van der Waals surface area contributed by atoms with Gasteiger partial charge in [0.1, 0.15) is 17.4 Å². The molecule has 0 atom stereocenters. The molecule has 7 nitrogen and oxygen atoms in total. The summed E-state index contributed by atoms with van der Waals surface area (Å²) in [6, 6.07) is 13.1. The molecule has 1 aliphatic rings. The summed E-state index contributed by atoms with van der Waals surface area (Å²) in [6.07, 6.45) is 0.314. The van der Waals surface area contributed by atoms with Crippen molar-refractivity contribution in [3.05, 3.63) is 47.5 Å². The van der Waals surface area contributed by atoms with E-state index in [0.717, 1.165) is 5.69 Å². The van der Waals surface area contributed by atoms with Gasteiger partial charge in [-0.1, -0.05) is 5.16 Å². The molecule has 3 aromatic rings. The smallest absolute Gasteiger partial charge is 0.258 e. The van der Waals surface area contributed by atoms with Gasteiger partial charge in [0.2, 0.25) is 5.82 Å². The van der Waals surface area contributed by atoms with E-state index >= 15 is 0 Å². The predicted octanol–water partition coefficient (Wildman–Crippen LogP) is 4.84. The van der Waals surface area contributed by atoms with E-state index in [0.29, 0.717) is 46.1 Å². The Balaban J connectivity index is 1.65. The third kappa shape index (κ3) is 3.77. The first kappa shape index (κ1) is 19.6. The van der Waals surface area contributed by atoms with Crippen LogP contribution in [0.15, 0.2) is 40.9 Å². The first-order valence-electron chi connectivity index (χ1n) is 9.77. The van der Waals surface area contributed by atoms with E-state index in [4.69, 9.17) is 9.26 Å². The Hall–Kier alpha value is -3.66. The summed E-state index contributed by atoms with van der Waals surface area (Å²) in [5, 5.41) is 16.8. The average Bonchev–Trinajstić information content (AvgIpc) is 3.17. The van der Waals surface area contributed by atoms with Crippen LogP contribution in [0.4, 0.5) is 5.69 Å². The van der Waals surface area contributed by atoms with Gasteiger partial charge in [0.15, 0.2) is 5.78 Å². The normalized spacial score (nSPS) is 14.7. The lowest BCUT2D eigenvalue weighted by atomic mass is 9.92. The molecule has 0 bridgehead atoms. The standard InChI is InChI=1S/C23H22N4O3/c1-13(2)25-18-7-5-15(9-16(18)12-24)22-26-21(27-30-22)14-6-8-20-17(10-14)19(28)11-23(3,4)29-20/h5-10,13,25H,11H2,1-4H3. The van der Waals surface area contributed by atoms with Gasteiger partial charge >= 0.3 is 0 Å². The fraction of sp³-hybridized carbons (Fsp3) is 0.304. The zero-order valence-corrected chi connectivity index (χ0v) is 17.3. The molecule has 4 rings (SSSR count). The molecule has 0 aliphatic carbocycles. The molecule has 2 aromatic carbocycles. The topological polar surface area (TPSA) is 101 Å². The molecule has 152 valence electrons. The molecular weight excluding hydrogens is 380 g/mol. The van der Waals surface area contributed by atoms with Crippen molar-refractivity contribution in [1.82, 2.24) is 10.1 Å². The maximum absolute atomic E-state index is 12.5. The van der Waals surface area contributed by atoms with E-state index in [1.54, 1.807) is 24.3 Å². The minimum atomic E-state index is -0.514. The number of nitrogens with zero attached hydrogens (tertiary/aromatic N) is 3. The van der Waals surface area contributed by atoms with Crippen LogP contribution in [0, 0.1) is 11.3 Å². The van der Waals surface area contributed by atoms with Gasteiger partial charge in [0, 0.05) is 17.2 Å². The van der Waals surface area contributed by atoms with E-state index < -0.39 is 5.60 Å². The van der Waals surface area contributed by atoms with Crippen LogP contribution in [-0.2, 0) is 0 Å². The zero-order valence-electron chi connectivity index (χ0n) is 17.3. The van der Waals surface area contributed by atoms with E-state index in [-0.39, 0.29) is 11.8 Å². The summed E-state index contributed by atoms with van der Waals surface area (Å²) >= 11 is 0. The van der Waals surface area contributed by atoms with Gasteiger partial charge in [-0.3, -0.25) is 4.79 Å². The van der Waals surface area contributed by atoms with Gasteiger partial charge in [-0.25, -0.2) is 0 Å². The van der Waals surface area contributed by atoms with Gasteiger partial charge < -0.3 is 14.6 Å². The van der Waals surface area contributed by atoms with Gasteiger partial charge in [-0.05, 0) is 64.1 Å². The molecule has 0 amide bonds. The van der Waals surface area contributed by atoms with E-state index in [9.17, 15) is 10.1 Å². The quantitative estimate of drug-likeness (QED) is 0.666. The van der Waals surface area contributed by atoms with E-state index in [1.807, 2.05) is 39.8 Å². The summed E-state index contributed by atoms with van der Waals surface area (Å²) in [5.74, 6) is 1.27. The Morgan fingerprint density at radius 1 is 1.17 bits per heavy atom. The summed E-state index contributed by atoms with van der Waals surface area (Å²) in [4.78, 5) is 17.0. The first-order chi connectivity index (χ1) is 14.3. The first-order valence-corrected chi connectivity index (χ1v) is 9.77. The summed E-state index contributed by atoms with van der Waals surface area (Å²) in [5.41, 5.74) is 2.58. The van der Waals surface area contributed by atoms with Crippen molar-refractivity contribution in [2.24, 2.45) is 0 Å². The molecule has 30 heavy (non-hydrogen) atoms. The van der Waals surface area contributed by atoms with Crippen LogP contribution in [0.1, 0.15) is 50.0 Å². The molecule has 0 unspecified atom stereocenters. The van der Waals surface area contributed by atoms with Crippen molar-refractivity contribution >= 4 is 11.5 Å². The lowest BCUT2D eigenvalue weighted by Gasteiger charge is -2.31. The Labute approximate surface area is 174 Å². The van der Waals surface area contributed by atoms with Crippen LogP contribution in [0.3, 0.4) is 0 Å². The number of carbonyl (C=O) groups excluding carboxylic acids is 1.